The Bertz CT molecular complexity index is 2120. The second-order valence-electron chi connectivity index (χ2n) is 26.0. The van der Waals surface area contributed by atoms with Gasteiger partial charge < -0.3 is 109 Å². The van der Waals surface area contributed by atoms with Crippen molar-refractivity contribution in [3.05, 3.63) is 11.6 Å². The fourth-order valence-electron chi connectivity index (χ4n) is 16.4. The number of hydrogen-bond acceptors (Lipinski definition) is 22. The maximum Gasteiger partial charge on any atom is 0.335 e. The third-order valence-corrected chi connectivity index (χ3v) is 21.4. The molecule has 0 aromatic heterocycles. The molecule has 436 valence electrons. The predicted molar refractivity (Wildman–Crippen MR) is 259 cm³/mol. The van der Waals surface area contributed by atoms with Crippen molar-refractivity contribution in [2.45, 2.75) is 242 Å². The van der Waals surface area contributed by atoms with Crippen molar-refractivity contribution in [3.8, 4) is 0 Å². The van der Waals surface area contributed by atoms with Crippen molar-refractivity contribution in [3.63, 3.8) is 0 Å². The summed E-state index contributed by atoms with van der Waals surface area (Å²) in [5.41, 5.74) is -1.89. The Hall–Kier alpha value is -1.63. The zero-order valence-corrected chi connectivity index (χ0v) is 44.7. The standard InChI is InChI=1S/C53H86O23/c1-21-29(57)32(60)37(65)45(70-21)74-39-33(61)31(59)25(18-54)71-46(39)75-40-35(63)34(62)38(43(67)68)73-47(40)72-28-12-13-50(5)26(51(28,6)20-55)11-14-53(8)27(50)10-9-22-23-17-48(2,3)41(66)42(49(23,4)15-16-52(22,53)7)76-44-36(64)30(58)24(56)19-69-44/h9,21,23-42,44-47,54-66H,10-20H2,1-8H3,(H,67,68)/t21-,23-,24-,25+,26?,27?,28-,29-,30-,31-,32+,33-,34-,35-,36+,37+,38-,39+,40+,41-,42+,44-,45-,46-,47+,49+,50-,51+,52+,53+/m0/s1. The molecule has 30 atom stereocenters. The van der Waals surface area contributed by atoms with E-state index in [9.17, 15) is 76.3 Å². The summed E-state index contributed by atoms with van der Waals surface area (Å²) in [6.45, 7) is 15.0. The van der Waals surface area contributed by atoms with Crippen LogP contribution in [0.5, 0.6) is 0 Å². The van der Waals surface area contributed by atoms with Gasteiger partial charge >= 0.3 is 5.97 Å². The first-order valence-electron chi connectivity index (χ1n) is 27.3. The second kappa shape index (κ2) is 21.0. The molecular weight excluding hydrogens is 1000 g/mol. The minimum atomic E-state index is -2.11. The zero-order valence-electron chi connectivity index (χ0n) is 44.7. The Kier molecular flexibility index (Phi) is 16.3. The van der Waals surface area contributed by atoms with Crippen LogP contribution >= 0.6 is 0 Å². The molecular formula is C53H86O23. The summed E-state index contributed by atoms with van der Waals surface area (Å²) in [6, 6.07) is 0. The van der Waals surface area contributed by atoms with Crippen LogP contribution in [0.25, 0.3) is 0 Å². The van der Waals surface area contributed by atoms with E-state index in [4.69, 9.17) is 37.9 Å². The Labute approximate surface area is 442 Å². The third kappa shape index (κ3) is 9.18. The van der Waals surface area contributed by atoms with Gasteiger partial charge in [0.05, 0.1) is 44.2 Å². The molecule has 0 radical (unpaired) electrons. The number of aliphatic hydroxyl groups is 13. The van der Waals surface area contributed by atoms with Gasteiger partial charge in [-0.25, -0.2) is 4.79 Å². The third-order valence-electron chi connectivity index (χ3n) is 21.4. The van der Waals surface area contributed by atoms with Crippen molar-refractivity contribution in [1.82, 2.24) is 0 Å². The number of hydrogen-bond donors (Lipinski definition) is 14. The van der Waals surface area contributed by atoms with Crippen molar-refractivity contribution in [1.29, 1.82) is 0 Å². The number of aliphatic carboxylic acids is 1. The van der Waals surface area contributed by atoms with Crippen LogP contribution in [-0.4, -0.2) is 232 Å². The van der Waals surface area contributed by atoms with E-state index in [2.05, 4.69) is 33.8 Å². The van der Waals surface area contributed by atoms with Crippen molar-refractivity contribution in [2.75, 3.05) is 19.8 Å². The fraction of sp³-hybridized carbons (Fsp3) is 0.943. The highest BCUT2D eigenvalue weighted by Gasteiger charge is 2.71. The van der Waals surface area contributed by atoms with Crippen molar-refractivity contribution >= 4 is 5.97 Å². The quantitative estimate of drug-likeness (QED) is 0.0797. The summed E-state index contributed by atoms with van der Waals surface area (Å²) < 4.78 is 48.6. The molecule has 23 nitrogen and oxygen atoms in total. The highest BCUT2D eigenvalue weighted by Crippen LogP contribution is 2.76. The Morgan fingerprint density at radius 2 is 1.26 bits per heavy atom. The molecule has 4 saturated carbocycles. The number of carboxylic acids is 1. The van der Waals surface area contributed by atoms with Crippen LogP contribution in [0.1, 0.15) is 107 Å². The molecule has 9 rings (SSSR count). The van der Waals surface area contributed by atoms with E-state index >= 15 is 0 Å². The number of carbonyl (C=O) groups is 1. The second-order valence-corrected chi connectivity index (χ2v) is 26.0. The summed E-state index contributed by atoms with van der Waals surface area (Å²) in [5.74, 6) is -1.74. The lowest BCUT2D eigenvalue weighted by Crippen LogP contribution is -2.69. The molecule has 8 fully saturated rings. The van der Waals surface area contributed by atoms with Gasteiger partial charge in [0.1, 0.15) is 79.4 Å². The molecule has 4 aliphatic heterocycles. The summed E-state index contributed by atoms with van der Waals surface area (Å²) in [7, 11) is 0. The number of fused-ring (bicyclic) bond motifs is 7. The number of aliphatic hydroxyl groups excluding tert-OH is 13. The van der Waals surface area contributed by atoms with Gasteiger partial charge in [-0.3, -0.25) is 0 Å². The van der Waals surface area contributed by atoms with Gasteiger partial charge in [0.2, 0.25) is 0 Å². The minimum Gasteiger partial charge on any atom is -0.479 e. The van der Waals surface area contributed by atoms with Crippen LogP contribution in [0.15, 0.2) is 11.6 Å². The lowest BCUT2D eigenvalue weighted by Gasteiger charge is -2.72. The van der Waals surface area contributed by atoms with E-state index in [1.807, 2.05) is 20.8 Å². The first-order chi connectivity index (χ1) is 35.4. The Morgan fingerprint density at radius 3 is 1.91 bits per heavy atom. The summed E-state index contributed by atoms with van der Waals surface area (Å²) in [6.07, 6.45) is -27.4. The predicted octanol–water partition coefficient (Wildman–Crippen LogP) is -1.86. The van der Waals surface area contributed by atoms with Crippen molar-refractivity contribution < 1.29 is 114 Å². The molecule has 4 saturated heterocycles. The summed E-state index contributed by atoms with van der Waals surface area (Å²) in [5, 5.41) is 153. The van der Waals surface area contributed by atoms with Gasteiger partial charge in [-0.1, -0.05) is 60.1 Å². The van der Waals surface area contributed by atoms with Crippen LogP contribution in [0, 0.1) is 50.2 Å². The number of rotatable bonds is 11. The number of ether oxygens (including phenoxy) is 8. The average molecular weight is 1090 g/mol. The highest BCUT2D eigenvalue weighted by atomic mass is 16.8. The Morgan fingerprint density at radius 1 is 0.632 bits per heavy atom. The first-order valence-corrected chi connectivity index (χ1v) is 27.3. The summed E-state index contributed by atoms with van der Waals surface area (Å²) in [4.78, 5) is 12.6. The molecule has 9 aliphatic rings. The zero-order chi connectivity index (χ0) is 55.7. The molecule has 14 N–H and O–H groups in total. The maximum atomic E-state index is 12.6. The topological polar surface area (TPSA) is 374 Å². The van der Waals surface area contributed by atoms with Gasteiger partial charge in [-0.2, -0.15) is 0 Å². The van der Waals surface area contributed by atoms with E-state index in [-0.39, 0.29) is 41.8 Å². The molecule has 4 heterocycles. The van der Waals surface area contributed by atoms with Crippen LogP contribution in [0.2, 0.25) is 0 Å². The van der Waals surface area contributed by atoms with E-state index in [0.717, 1.165) is 12.8 Å². The van der Waals surface area contributed by atoms with Crippen molar-refractivity contribution in [2.24, 2.45) is 50.2 Å². The molecule has 76 heavy (non-hydrogen) atoms. The molecule has 0 amide bonds. The highest BCUT2D eigenvalue weighted by molar-refractivity contribution is 5.73. The molecule has 0 aromatic carbocycles. The molecule has 23 heteroatoms. The fourth-order valence-corrected chi connectivity index (χ4v) is 16.4. The smallest absolute Gasteiger partial charge is 0.335 e. The lowest BCUT2D eigenvalue weighted by molar-refractivity contribution is -0.396. The molecule has 0 bridgehead atoms. The number of allylic oxidation sites excluding steroid dienone is 2. The van der Waals surface area contributed by atoms with Gasteiger partial charge in [0.15, 0.2) is 31.3 Å². The SMILES string of the molecule is C[C@@H]1O[C@@H](O[C@H]2[C@H](O[C@H]3[C@H](O[C@H]4CC[C@@]5(C)C(CC[C@]6(C)C5CC=C5[C@@H]7CC(C)(C)[C@@H](O)[C@@H](O[C@@H]8OC[C@H](O)[C@H](O)[C@H]8O)[C@]7(C)CC[C@]56C)[C@@]4(C)CO)O[C@H](C(=O)O)[C@@H](O)[C@@H]3O)O[C@H](CO)[C@H](O)[C@@H]2O)[C@H](O)[C@H](O)[C@H]1O. The monoisotopic (exact) mass is 1090 g/mol. The largest absolute Gasteiger partial charge is 0.479 e. The molecule has 5 aliphatic carbocycles. The van der Waals surface area contributed by atoms with Crippen LogP contribution < -0.4 is 0 Å². The van der Waals surface area contributed by atoms with Crippen LogP contribution in [0.3, 0.4) is 0 Å². The number of carboxylic acid groups (broad SMARTS) is 1. The van der Waals surface area contributed by atoms with Gasteiger partial charge in [0, 0.05) is 10.8 Å². The van der Waals surface area contributed by atoms with E-state index in [0.29, 0.717) is 38.5 Å². The average Bonchev–Trinajstić information content (AvgIpc) is 3.39. The first kappa shape index (κ1) is 59.0. The molecule has 0 spiro atoms. The van der Waals surface area contributed by atoms with E-state index < -0.39 is 169 Å². The van der Waals surface area contributed by atoms with Crippen LogP contribution in [0.4, 0.5) is 0 Å². The van der Waals surface area contributed by atoms with E-state index in [1.165, 1.54) is 12.5 Å². The van der Waals surface area contributed by atoms with Crippen LogP contribution in [-0.2, 0) is 42.7 Å². The van der Waals surface area contributed by atoms with Gasteiger partial charge in [-0.05, 0) is 97.7 Å². The normalized spacial score (nSPS) is 56.3. The molecule has 0 aromatic rings. The Balaban J connectivity index is 0.984. The summed E-state index contributed by atoms with van der Waals surface area (Å²) >= 11 is 0. The lowest BCUT2D eigenvalue weighted by atomic mass is 9.33. The van der Waals surface area contributed by atoms with Gasteiger partial charge in [0.25, 0.3) is 0 Å². The maximum absolute atomic E-state index is 12.6. The molecule has 2 unspecified atom stereocenters. The van der Waals surface area contributed by atoms with E-state index in [1.54, 1.807) is 0 Å². The van der Waals surface area contributed by atoms with Gasteiger partial charge in [-0.15, -0.1) is 0 Å². The minimum absolute atomic E-state index is 0.0308.